The van der Waals surface area contributed by atoms with Crippen LogP contribution in [0.15, 0.2) is 0 Å². The lowest BCUT2D eigenvalue weighted by Crippen LogP contribution is -3.00. The third-order valence-electron chi connectivity index (χ3n) is 1.92. The second-order valence-electron chi connectivity index (χ2n) is 2.60. The van der Waals surface area contributed by atoms with Gasteiger partial charge in [-0.15, -0.1) is 0 Å². The molecule has 1 aliphatic heterocycles. The van der Waals surface area contributed by atoms with Crippen LogP contribution in [0.5, 0.6) is 0 Å². The fourth-order valence-electron chi connectivity index (χ4n) is 1.37. The number of hydrogen-bond donors (Lipinski definition) is 3. The molecule has 0 saturated carbocycles. The van der Waals surface area contributed by atoms with Gasteiger partial charge in [0.2, 0.25) is 0 Å². The largest absolute Gasteiger partial charge is 1.00 e. The predicted molar refractivity (Wildman–Crippen MR) is 38.6 cm³/mol. The van der Waals surface area contributed by atoms with Crippen LogP contribution in [0.4, 0.5) is 0 Å². The predicted octanol–water partition coefficient (Wildman–Crippen LogP) is -4.57. The molecular formula is C6H14IN3O. The van der Waals surface area contributed by atoms with E-state index in [0.717, 1.165) is 19.4 Å². The third-order valence-corrected chi connectivity index (χ3v) is 1.92. The molecule has 1 heterocycles. The Bertz CT molecular complexity index is 156. The maximum atomic E-state index is 8.82. The molecular weight excluding hydrogens is 257 g/mol. The molecule has 11 heavy (non-hydrogen) atoms. The number of hydrogen-bond acceptors (Lipinski definition) is 1. The smallest absolute Gasteiger partial charge is 0.341 e. The van der Waals surface area contributed by atoms with Gasteiger partial charge in [-0.3, -0.25) is 16.0 Å². The SMILES string of the molecule is NC(N)=[N+]1CCC[C@@H]1CO.[I-]. The standard InChI is InChI=1S/C6H13N3O.HI/c7-6(8)9-3-1-2-5(9)4-10;/h5,10H,1-4H2,(H3,7,8);1H/t5-;/m1./s1. The number of aliphatic hydroxyl groups is 1. The summed E-state index contributed by atoms with van der Waals surface area (Å²) in [6.07, 6.45) is 2.07. The summed E-state index contributed by atoms with van der Waals surface area (Å²) in [4.78, 5) is 0. The summed E-state index contributed by atoms with van der Waals surface area (Å²) in [7, 11) is 0. The third kappa shape index (κ3) is 2.48. The van der Waals surface area contributed by atoms with Gasteiger partial charge in [-0.25, -0.2) is 0 Å². The van der Waals surface area contributed by atoms with Gasteiger partial charge in [0, 0.05) is 0 Å². The molecule has 1 fully saturated rings. The minimum Gasteiger partial charge on any atom is -1.00 e. The van der Waals surface area contributed by atoms with Gasteiger partial charge in [0.25, 0.3) is 0 Å². The molecule has 0 radical (unpaired) electrons. The molecule has 1 rings (SSSR count). The Kier molecular flexibility index (Phi) is 4.74. The quantitative estimate of drug-likeness (QED) is 0.255. The van der Waals surface area contributed by atoms with E-state index in [2.05, 4.69) is 0 Å². The monoisotopic (exact) mass is 271 g/mol. The van der Waals surface area contributed by atoms with Crippen LogP contribution in [0.1, 0.15) is 12.8 Å². The molecule has 5 heteroatoms. The summed E-state index contributed by atoms with van der Waals surface area (Å²) in [5, 5.41) is 8.82. The summed E-state index contributed by atoms with van der Waals surface area (Å²) in [5.41, 5.74) is 10.7. The average molecular weight is 271 g/mol. The van der Waals surface area contributed by atoms with E-state index in [1.165, 1.54) is 0 Å². The van der Waals surface area contributed by atoms with Gasteiger partial charge in [-0.05, 0) is 12.8 Å². The number of guanidine groups is 1. The first-order valence-electron chi connectivity index (χ1n) is 3.51. The van der Waals surface area contributed by atoms with E-state index in [-0.39, 0.29) is 36.6 Å². The molecule has 1 aliphatic rings. The van der Waals surface area contributed by atoms with Gasteiger partial charge < -0.3 is 29.1 Å². The highest BCUT2D eigenvalue weighted by Crippen LogP contribution is 2.10. The summed E-state index contributed by atoms with van der Waals surface area (Å²) in [6.45, 7) is 1.03. The van der Waals surface area contributed by atoms with Gasteiger partial charge in [-0.1, -0.05) is 0 Å². The molecule has 0 amide bonds. The number of nitrogens with two attached hydrogens (primary N) is 2. The van der Waals surface area contributed by atoms with Crippen molar-refractivity contribution in [2.75, 3.05) is 13.2 Å². The van der Waals surface area contributed by atoms with Gasteiger partial charge in [0.15, 0.2) is 0 Å². The number of rotatable bonds is 1. The van der Waals surface area contributed by atoms with Crippen molar-refractivity contribution in [1.29, 1.82) is 0 Å². The molecule has 1 saturated heterocycles. The van der Waals surface area contributed by atoms with Crippen molar-refractivity contribution in [1.82, 2.24) is 0 Å². The zero-order chi connectivity index (χ0) is 7.56. The second-order valence-corrected chi connectivity index (χ2v) is 2.60. The van der Waals surface area contributed by atoms with E-state index in [4.69, 9.17) is 16.6 Å². The summed E-state index contributed by atoms with van der Waals surface area (Å²) >= 11 is 0. The summed E-state index contributed by atoms with van der Waals surface area (Å²) < 4.78 is 1.85. The number of aliphatic hydroxyl groups excluding tert-OH is 1. The van der Waals surface area contributed by atoms with E-state index >= 15 is 0 Å². The van der Waals surface area contributed by atoms with Crippen molar-refractivity contribution in [3.05, 3.63) is 0 Å². The van der Waals surface area contributed by atoms with Crippen LogP contribution in [0.3, 0.4) is 0 Å². The Morgan fingerprint density at radius 2 is 2.18 bits per heavy atom. The van der Waals surface area contributed by atoms with E-state index in [1.54, 1.807) is 0 Å². The highest BCUT2D eigenvalue weighted by Gasteiger charge is 2.23. The first-order valence-corrected chi connectivity index (χ1v) is 3.51. The lowest BCUT2D eigenvalue weighted by atomic mass is 10.2. The molecule has 0 spiro atoms. The van der Waals surface area contributed by atoms with E-state index in [0.29, 0.717) is 5.96 Å². The molecule has 0 aliphatic carbocycles. The Morgan fingerprint density at radius 3 is 2.55 bits per heavy atom. The fourth-order valence-corrected chi connectivity index (χ4v) is 1.37. The van der Waals surface area contributed by atoms with Crippen LogP contribution in [0.25, 0.3) is 0 Å². The maximum absolute atomic E-state index is 8.82. The Morgan fingerprint density at radius 1 is 1.55 bits per heavy atom. The van der Waals surface area contributed by atoms with Crippen LogP contribution in [0.2, 0.25) is 0 Å². The van der Waals surface area contributed by atoms with Crippen LogP contribution in [-0.4, -0.2) is 34.8 Å². The molecule has 0 aromatic carbocycles. The van der Waals surface area contributed by atoms with E-state index < -0.39 is 0 Å². The summed E-state index contributed by atoms with van der Waals surface area (Å²) in [5.74, 6) is 0.330. The first-order chi connectivity index (χ1) is 4.75. The van der Waals surface area contributed by atoms with E-state index in [9.17, 15) is 0 Å². The topological polar surface area (TPSA) is 75.3 Å². The van der Waals surface area contributed by atoms with Crippen molar-refractivity contribution < 1.29 is 33.7 Å². The van der Waals surface area contributed by atoms with Crippen molar-refractivity contribution in [3.63, 3.8) is 0 Å². The Hall–Kier alpha value is -0.0400. The van der Waals surface area contributed by atoms with Crippen LogP contribution in [-0.2, 0) is 0 Å². The molecule has 0 bridgehead atoms. The molecule has 0 aromatic heterocycles. The van der Waals surface area contributed by atoms with Crippen LogP contribution < -0.4 is 35.4 Å². The lowest BCUT2D eigenvalue weighted by molar-refractivity contribution is -0.548. The molecule has 1 atom stereocenters. The van der Waals surface area contributed by atoms with E-state index in [1.807, 2.05) is 4.58 Å². The zero-order valence-electron chi connectivity index (χ0n) is 6.33. The fraction of sp³-hybridized carbons (Fsp3) is 0.833. The van der Waals surface area contributed by atoms with Crippen LogP contribution >= 0.6 is 0 Å². The number of nitrogens with zero attached hydrogens (tertiary/aromatic N) is 1. The summed E-state index contributed by atoms with van der Waals surface area (Å²) in [6, 6.07) is 0.157. The van der Waals surface area contributed by atoms with Gasteiger partial charge in [0.1, 0.15) is 6.04 Å². The van der Waals surface area contributed by atoms with Gasteiger partial charge >= 0.3 is 5.96 Å². The molecule has 0 unspecified atom stereocenters. The molecule has 0 aromatic rings. The van der Waals surface area contributed by atoms with Crippen molar-refractivity contribution >= 4 is 5.96 Å². The molecule has 66 valence electrons. The highest BCUT2D eigenvalue weighted by atomic mass is 127. The minimum absolute atomic E-state index is 0. The first kappa shape index (κ1) is 11.0. The molecule has 5 N–H and O–H groups in total. The zero-order valence-corrected chi connectivity index (χ0v) is 8.49. The molecule has 4 nitrogen and oxygen atoms in total. The van der Waals surface area contributed by atoms with Gasteiger partial charge in [-0.2, -0.15) is 0 Å². The van der Waals surface area contributed by atoms with Crippen molar-refractivity contribution in [2.24, 2.45) is 11.5 Å². The normalized spacial score (nSPS) is 23.0. The second kappa shape index (κ2) is 4.76. The lowest BCUT2D eigenvalue weighted by Gasteiger charge is -2.07. The van der Waals surface area contributed by atoms with Crippen molar-refractivity contribution in [3.8, 4) is 0 Å². The number of halogens is 1. The Labute approximate surface area is 83.3 Å². The minimum atomic E-state index is 0. The Balaban J connectivity index is 0.000001000. The average Bonchev–Trinajstić information content (AvgIpc) is 2.33. The maximum Gasteiger partial charge on any atom is 0.341 e. The van der Waals surface area contributed by atoms with Crippen LogP contribution in [0, 0.1) is 0 Å². The van der Waals surface area contributed by atoms with Crippen molar-refractivity contribution in [2.45, 2.75) is 18.9 Å². The highest BCUT2D eigenvalue weighted by molar-refractivity contribution is 5.70. The van der Waals surface area contributed by atoms with Gasteiger partial charge in [0.05, 0.1) is 13.2 Å².